The number of alkyl halides is 1. The fourth-order valence-electron chi connectivity index (χ4n) is 1.11. The molecule has 4 heteroatoms. The highest BCUT2D eigenvalue weighted by Gasteiger charge is 2.18. The largest absolute Gasteiger partial charge is 0.363 e. The Kier molecular flexibility index (Phi) is 2.94. The Hall–Kier alpha value is -0.740. The molecule has 0 fully saturated rings. The normalized spacial score (nSPS) is 26.2. The minimum absolute atomic E-state index is 0.291. The summed E-state index contributed by atoms with van der Waals surface area (Å²) in [5.41, 5.74) is 1.16. The predicted octanol–water partition coefficient (Wildman–Crippen LogP) is 1.04. The van der Waals surface area contributed by atoms with Crippen molar-refractivity contribution < 1.29 is 14.2 Å². The number of aliphatic imine (C=N–C) groups is 1. The summed E-state index contributed by atoms with van der Waals surface area (Å²) in [6.07, 6.45) is -0.587. The van der Waals surface area contributed by atoms with Gasteiger partial charge in [-0.3, -0.25) is 4.99 Å². The van der Waals surface area contributed by atoms with E-state index in [0.29, 0.717) is 12.1 Å². The topological polar surface area (TPSA) is 41.8 Å². The van der Waals surface area contributed by atoms with Gasteiger partial charge < -0.3 is 9.84 Å². The highest BCUT2D eigenvalue weighted by Crippen LogP contribution is 2.20. The molecule has 0 aromatic carbocycles. The zero-order valence-corrected chi connectivity index (χ0v) is 7.12. The van der Waals surface area contributed by atoms with Gasteiger partial charge in [-0.15, -0.1) is 0 Å². The van der Waals surface area contributed by atoms with Crippen molar-refractivity contribution in [1.29, 1.82) is 0 Å². The summed E-state index contributed by atoms with van der Waals surface area (Å²) in [7, 11) is 1.38. The van der Waals surface area contributed by atoms with E-state index in [1.165, 1.54) is 13.3 Å². The van der Waals surface area contributed by atoms with Gasteiger partial charge in [0.05, 0.1) is 5.70 Å². The van der Waals surface area contributed by atoms with Gasteiger partial charge in [0.2, 0.25) is 0 Å². The molecule has 1 rings (SSSR count). The van der Waals surface area contributed by atoms with Gasteiger partial charge in [0, 0.05) is 19.7 Å². The first-order valence-electron chi connectivity index (χ1n) is 3.74. The Morgan fingerprint density at radius 2 is 2.50 bits per heavy atom. The van der Waals surface area contributed by atoms with Crippen LogP contribution in [0.25, 0.3) is 0 Å². The van der Waals surface area contributed by atoms with Crippen LogP contribution in [0, 0.1) is 0 Å². The maximum atomic E-state index is 12.7. The van der Waals surface area contributed by atoms with E-state index in [1.807, 2.05) is 0 Å². The van der Waals surface area contributed by atoms with Crippen molar-refractivity contribution in [1.82, 2.24) is 0 Å². The number of aliphatic hydroxyl groups is 1. The summed E-state index contributed by atoms with van der Waals surface area (Å²) in [5.74, 6) is 0. The maximum absolute atomic E-state index is 12.7. The summed E-state index contributed by atoms with van der Waals surface area (Å²) in [6, 6.07) is 0. The van der Waals surface area contributed by atoms with E-state index in [4.69, 9.17) is 0 Å². The molecule has 2 atom stereocenters. The molecule has 0 saturated carbocycles. The zero-order chi connectivity index (χ0) is 9.14. The highest BCUT2D eigenvalue weighted by molar-refractivity contribution is 5.67. The van der Waals surface area contributed by atoms with E-state index in [-0.39, 0.29) is 0 Å². The summed E-state index contributed by atoms with van der Waals surface area (Å²) in [4.78, 5) is 3.77. The molecular formula is C8H12FNO2. The smallest absolute Gasteiger partial charge is 0.198 e. The van der Waals surface area contributed by atoms with Crippen LogP contribution in [0.1, 0.15) is 13.3 Å². The molecule has 0 saturated heterocycles. The van der Waals surface area contributed by atoms with Crippen LogP contribution < -0.4 is 0 Å². The SMILES string of the molecule is COC(O)C1=C(C)CC(F)C=N1. The Balaban J connectivity index is 2.77. The molecule has 1 heterocycles. The van der Waals surface area contributed by atoms with Crippen molar-refractivity contribution in [3.05, 3.63) is 11.3 Å². The number of hydrogen-bond donors (Lipinski definition) is 1. The van der Waals surface area contributed by atoms with Crippen LogP contribution in [0.4, 0.5) is 4.39 Å². The number of methoxy groups -OCH3 is 1. The van der Waals surface area contributed by atoms with Crippen molar-refractivity contribution in [3.63, 3.8) is 0 Å². The van der Waals surface area contributed by atoms with Gasteiger partial charge in [-0.1, -0.05) is 0 Å². The van der Waals surface area contributed by atoms with Gasteiger partial charge in [-0.25, -0.2) is 4.39 Å². The molecule has 0 spiro atoms. The molecule has 0 radical (unpaired) electrons. The number of nitrogens with zero attached hydrogens (tertiary/aromatic N) is 1. The van der Waals surface area contributed by atoms with Crippen LogP contribution in [-0.4, -0.2) is 30.9 Å². The molecule has 68 valence electrons. The number of hydrogen-bond acceptors (Lipinski definition) is 3. The first-order valence-corrected chi connectivity index (χ1v) is 3.74. The summed E-state index contributed by atoms with van der Waals surface area (Å²) in [5, 5.41) is 9.22. The molecule has 0 aliphatic carbocycles. The number of allylic oxidation sites excluding steroid dienone is 1. The number of ether oxygens (including phenoxy) is 1. The van der Waals surface area contributed by atoms with Gasteiger partial charge in [0.1, 0.15) is 6.17 Å². The van der Waals surface area contributed by atoms with Crippen LogP contribution in [0.2, 0.25) is 0 Å². The minimum Gasteiger partial charge on any atom is -0.363 e. The van der Waals surface area contributed by atoms with Gasteiger partial charge in [-0.05, 0) is 12.5 Å². The molecule has 0 aromatic rings. The van der Waals surface area contributed by atoms with Gasteiger partial charge in [0.25, 0.3) is 0 Å². The van der Waals surface area contributed by atoms with Crippen LogP contribution in [0.5, 0.6) is 0 Å². The standard InChI is InChI=1S/C8H12FNO2/c1-5-3-6(9)4-10-7(5)8(11)12-2/h4,6,8,11H,3H2,1-2H3. The molecule has 1 N–H and O–H groups in total. The third-order valence-corrected chi connectivity index (χ3v) is 1.77. The Morgan fingerprint density at radius 3 is 3.00 bits per heavy atom. The lowest BCUT2D eigenvalue weighted by Crippen LogP contribution is -2.18. The van der Waals surface area contributed by atoms with Crippen LogP contribution in [-0.2, 0) is 4.74 Å². The lowest BCUT2D eigenvalue weighted by molar-refractivity contribution is -0.0464. The summed E-state index contributed by atoms with van der Waals surface area (Å²) < 4.78 is 17.3. The quantitative estimate of drug-likeness (QED) is 0.634. The second-order valence-electron chi connectivity index (χ2n) is 2.75. The fraction of sp³-hybridized carbons (Fsp3) is 0.625. The first kappa shape index (κ1) is 9.35. The first-order chi connectivity index (χ1) is 5.65. The van der Waals surface area contributed by atoms with E-state index in [1.54, 1.807) is 6.92 Å². The van der Waals surface area contributed by atoms with Gasteiger partial charge in [0.15, 0.2) is 6.29 Å². The Labute approximate surface area is 70.6 Å². The van der Waals surface area contributed by atoms with Crippen molar-refractivity contribution in [3.8, 4) is 0 Å². The third-order valence-electron chi connectivity index (χ3n) is 1.77. The molecule has 1 aliphatic heterocycles. The highest BCUT2D eigenvalue weighted by atomic mass is 19.1. The maximum Gasteiger partial charge on any atom is 0.198 e. The molecule has 1 aliphatic rings. The molecule has 0 bridgehead atoms. The molecule has 12 heavy (non-hydrogen) atoms. The van der Waals surface area contributed by atoms with Crippen molar-refractivity contribution in [2.75, 3.05) is 7.11 Å². The van der Waals surface area contributed by atoms with Crippen LogP contribution in [0.3, 0.4) is 0 Å². The van der Waals surface area contributed by atoms with Gasteiger partial charge >= 0.3 is 0 Å². The van der Waals surface area contributed by atoms with Crippen LogP contribution in [0.15, 0.2) is 16.3 Å². The van der Waals surface area contributed by atoms with E-state index in [2.05, 4.69) is 9.73 Å². The Bertz CT molecular complexity index is 225. The van der Waals surface area contributed by atoms with Gasteiger partial charge in [-0.2, -0.15) is 0 Å². The molecule has 2 unspecified atom stereocenters. The molecule has 0 aromatic heterocycles. The zero-order valence-electron chi connectivity index (χ0n) is 7.12. The second kappa shape index (κ2) is 3.78. The van der Waals surface area contributed by atoms with E-state index in [0.717, 1.165) is 5.57 Å². The molecule has 3 nitrogen and oxygen atoms in total. The number of halogens is 1. The predicted molar refractivity (Wildman–Crippen MR) is 43.7 cm³/mol. The van der Waals surface area contributed by atoms with Crippen LogP contribution >= 0.6 is 0 Å². The monoisotopic (exact) mass is 173 g/mol. The lowest BCUT2D eigenvalue weighted by atomic mass is 10.1. The van der Waals surface area contributed by atoms with Crippen molar-refractivity contribution in [2.24, 2.45) is 4.99 Å². The number of aliphatic hydroxyl groups excluding tert-OH is 1. The average Bonchev–Trinajstić information content (AvgIpc) is 2.03. The third kappa shape index (κ3) is 1.89. The van der Waals surface area contributed by atoms with E-state index in [9.17, 15) is 9.50 Å². The number of rotatable bonds is 2. The fourth-order valence-corrected chi connectivity index (χ4v) is 1.11. The van der Waals surface area contributed by atoms with Crippen molar-refractivity contribution >= 4 is 6.21 Å². The lowest BCUT2D eigenvalue weighted by Gasteiger charge is -2.17. The summed E-state index contributed by atoms with van der Waals surface area (Å²) >= 11 is 0. The van der Waals surface area contributed by atoms with E-state index >= 15 is 0 Å². The average molecular weight is 173 g/mol. The summed E-state index contributed by atoms with van der Waals surface area (Å²) in [6.45, 7) is 1.74. The Morgan fingerprint density at radius 1 is 1.83 bits per heavy atom. The second-order valence-corrected chi connectivity index (χ2v) is 2.75. The molecule has 0 amide bonds. The van der Waals surface area contributed by atoms with Crippen molar-refractivity contribution in [2.45, 2.75) is 25.8 Å². The molecular weight excluding hydrogens is 161 g/mol. The van der Waals surface area contributed by atoms with E-state index < -0.39 is 12.5 Å². The minimum atomic E-state index is -1.03.